The summed E-state index contributed by atoms with van der Waals surface area (Å²) in [4.78, 5) is 4.03. The van der Waals surface area contributed by atoms with Crippen LogP contribution in [0.15, 0.2) is 17.6 Å². The summed E-state index contributed by atoms with van der Waals surface area (Å²) >= 11 is 0. The third-order valence-corrected chi connectivity index (χ3v) is 5.65. The quantitative estimate of drug-likeness (QED) is 0.826. The second-order valence-corrected chi connectivity index (χ2v) is 7.77. The molecule has 0 saturated heterocycles. The van der Waals surface area contributed by atoms with Crippen LogP contribution in [0.5, 0.6) is 0 Å². The average molecular weight is 310 g/mol. The maximum Gasteiger partial charge on any atom is 0.228 e. The Morgan fingerprint density at radius 3 is 2.62 bits per heavy atom. The molecule has 1 aliphatic rings. The molecular formula is C12H18N6O2S. The highest BCUT2D eigenvalue weighted by Gasteiger charge is 2.37. The van der Waals surface area contributed by atoms with Gasteiger partial charge >= 0.3 is 0 Å². The van der Waals surface area contributed by atoms with Crippen LogP contribution in [0, 0.1) is 0 Å². The molecule has 0 aliphatic heterocycles. The number of aromatic nitrogens is 6. The first-order valence-corrected chi connectivity index (χ1v) is 8.52. The Morgan fingerprint density at radius 1 is 1.29 bits per heavy atom. The third-order valence-electron chi connectivity index (χ3n) is 3.68. The molecule has 1 unspecified atom stereocenters. The van der Waals surface area contributed by atoms with Crippen molar-refractivity contribution in [1.29, 1.82) is 0 Å². The summed E-state index contributed by atoms with van der Waals surface area (Å²) in [6.45, 7) is 5.44. The standard InChI is InChI=1S/C12H18N6O2S/c1-8(2)17-7-6-13-12(17)21(19,20)9(3)11-14-15-16-18(11)10-4-5-10/h6-10H,4-5H2,1-3H3. The van der Waals surface area contributed by atoms with Gasteiger partial charge in [0.15, 0.2) is 5.82 Å². The SMILES string of the molecule is CC(C)n1ccnc1S(=O)(=O)C(C)c1nnnn1C1CC1. The van der Waals surface area contributed by atoms with Gasteiger partial charge in [-0.3, -0.25) is 0 Å². The molecule has 1 saturated carbocycles. The molecule has 3 rings (SSSR count). The van der Waals surface area contributed by atoms with Crippen LogP contribution in [0.4, 0.5) is 0 Å². The Labute approximate surface area is 123 Å². The fraction of sp³-hybridized carbons (Fsp3) is 0.667. The van der Waals surface area contributed by atoms with Crippen molar-refractivity contribution in [3.8, 4) is 0 Å². The second kappa shape index (κ2) is 4.90. The molecule has 0 N–H and O–H groups in total. The Bertz CT molecular complexity index is 743. The lowest BCUT2D eigenvalue weighted by molar-refractivity contribution is 0.509. The summed E-state index contributed by atoms with van der Waals surface area (Å²) in [6.07, 6.45) is 5.16. The third kappa shape index (κ3) is 2.35. The van der Waals surface area contributed by atoms with E-state index in [0.29, 0.717) is 5.82 Å². The Balaban J connectivity index is 2.01. The Morgan fingerprint density at radius 2 is 2.00 bits per heavy atom. The van der Waals surface area contributed by atoms with E-state index < -0.39 is 15.1 Å². The van der Waals surface area contributed by atoms with Crippen LogP contribution in [0.1, 0.15) is 56.8 Å². The summed E-state index contributed by atoms with van der Waals surface area (Å²) < 4.78 is 28.9. The van der Waals surface area contributed by atoms with Gasteiger partial charge in [-0.2, -0.15) is 0 Å². The lowest BCUT2D eigenvalue weighted by Gasteiger charge is -2.15. The van der Waals surface area contributed by atoms with E-state index in [4.69, 9.17) is 0 Å². The number of hydrogen-bond acceptors (Lipinski definition) is 6. The van der Waals surface area contributed by atoms with Crippen LogP contribution < -0.4 is 0 Å². The lowest BCUT2D eigenvalue weighted by Crippen LogP contribution is -2.20. The number of hydrogen-bond donors (Lipinski definition) is 0. The zero-order chi connectivity index (χ0) is 15.2. The van der Waals surface area contributed by atoms with Crippen molar-refractivity contribution in [2.24, 2.45) is 0 Å². The van der Waals surface area contributed by atoms with Crippen molar-refractivity contribution < 1.29 is 8.42 Å². The van der Waals surface area contributed by atoms with E-state index in [1.807, 2.05) is 13.8 Å². The molecule has 0 aromatic carbocycles. The summed E-state index contributed by atoms with van der Waals surface area (Å²) in [6, 6.07) is 0.251. The molecule has 1 aliphatic carbocycles. The molecule has 0 amide bonds. The minimum absolute atomic E-state index is 0.0175. The molecule has 0 radical (unpaired) electrons. The van der Waals surface area contributed by atoms with E-state index in [-0.39, 0.29) is 17.2 Å². The highest BCUT2D eigenvalue weighted by molar-refractivity contribution is 7.91. The summed E-state index contributed by atoms with van der Waals surface area (Å²) in [5, 5.41) is 10.7. The highest BCUT2D eigenvalue weighted by Crippen LogP contribution is 2.37. The molecule has 8 nitrogen and oxygen atoms in total. The van der Waals surface area contributed by atoms with Crippen molar-refractivity contribution >= 4 is 9.84 Å². The van der Waals surface area contributed by atoms with Gasteiger partial charge in [0.2, 0.25) is 15.0 Å². The van der Waals surface area contributed by atoms with Crippen molar-refractivity contribution in [2.45, 2.75) is 56.1 Å². The largest absolute Gasteiger partial charge is 0.319 e. The predicted octanol–water partition coefficient (Wildman–Crippen LogP) is 1.32. The number of imidazole rings is 1. The van der Waals surface area contributed by atoms with E-state index in [9.17, 15) is 8.42 Å². The Hall–Kier alpha value is -1.77. The van der Waals surface area contributed by atoms with Crippen LogP contribution in [0.25, 0.3) is 0 Å². The van der Waals surface area contributed by atoms with Crippen LogP contribution in [0.3, 0.4) is 0 Å². The average Bonchev–Trinajstić information content (AvgIpc) is 2.97. The van der Waals surface area contributed by atoms with Crippen LogP contribution in [-0.4, -0.2) is 38.2 Å². The van der Waals surface area contributed by atoms with Crippen LogP contribution in [-0.2, 0) is 9.84 Å². The summed E-state index contributed by atoms with van der Waals surface area (Å²) in [5.74, 6) is 0.385. The van der Waals surface area contributed by atoms with Gasteiger partial charge in [-0.25, -0.2) is 18.1 Å². The fourth-order valence-corrected chi connectivity index (χ4v) is 3.78. The molecule has 0 spiro atoms. The lowest BCUT2D eigenvalue weighted by atomic mass is 10.4. The van der Waals surface area contributed by atoms with Crippen molar-refractivity contribution in [2.75, 3.05) is 0 Å². The fourth-order valence-electron chi connectivity index (χ4n) is 2.26. The summed E-state index contributed by atoms with van der Waals surface area (Å²) in [7, 11) is -3.63. The molecular weight excluding hydrogens is 292 g/mol. The van der Waals surface area contributed by atoms with Crippen molar-refractivity contribution in [1.82, 2.24) is 29.8 Å². The summed E-state index contributed by atoms with van der Waals surface area (Å²) in [5.41, 5.74) is 0. The topological polar surface area (TPSA) is 95.6 Å². The van der Waals surface area contributed by atoms with Gasteiger partial charge in [0.1, 0.15) is 5.25 Å². The first-order valence-electron chi connectivity index (χ1n) is 6.97. The normalized spacial score (nSPS) is 17.3. The van der Waals surface area contributed by atoms with Gasteiger partial charge in [-0.05, 0) is 44.0 Å². The number of nitrogens with zero attached hydrogens (tertiary/aromatic N) is 6. The maximum atomic E-state index is 12.8. The van der Waals surface area contributed by atoms with Crippen molar-refractivity contribution in [3.63, 3.8) is 0 Å². The van der Waals surface area contributed by atoms with Gasteiger partial charge in [0.25, 0.3) is 0 Å². The highest BCUT2D eigenvalue weighted by atomic mass is 32.2. The van der Waals surface area contributed by atoms with Gasteiger partial charge in [-0.1, -0.05) is 0 Å². The Kier molecular flexibility index (Phi) is 3.31. The smallest absolute Gasteiger partial charge is 0.228 e. The molecule has 0 bridgehead atoms. The zero-order valence-electron chi connectivity index (χ0n) is 12.2. The van der Waals surface area contributed by atoms with E-state index in [1.165, 1.54) is 6.20 Å². The van der Waals surface area contributed by atoms with Gasteiger partial charge in [-0.15, -0.1) is 5.10 Å². The predicted molar refractivity (Wildman–Crippen MR) is 74.3 cm³/mol. The van der Waals surface area contributed by atoms with E-state index in [2.05, 4.69) is 20.5 Å². The van der Waals surface area contributed by atoms with Crippen LogP contribution in [0.2, 0.25) is 0 Å². The molecule has 1 atom stereocenters. The van der Waals surface area contributed by atoms with E-state index in [1.54, 1.807) is 22.4 Å². The molecule has 2 aromatic rings. The van der Waals surface area contributed by atoms with Gasteiger partial charge in [0.05, 0.1) is 6.04 Å². The number of sulfone groups is 1. The molecule has 2 heterocycles. The number of tetrazole rings is 1. The van der Waals surface area contributed by atoms with Gasteiger partial charge in [0, 0.05) is 18.4 Å². The molecule has 21 heavy (non-hydrogen) atoms. The minimum atomic E-state index is -3.63. The monoisotopic (exact) mass is 310 g/mol. The molecule has 114 valence electrons. The maximum absolute atomic E-state index is 12.8. The molecule has 9 heteroatoms. The molecule has 1 fully saturated rings. The van der Waals surface area contributed by atoms with Crippen molar-refractivity contribution in [3.05, 3.63) is 18.2 Å². The first kappa shape index (κ1) is 14.2. The van der Waals surface area contributed by atoms with E-state index >= 15 is 0 Å². The number of rotatable bonds is 5. The van der Waals surface area contributed by atoms with E-state index in [0.717, 1.165) is 12.8 Å². The van der Waals surface area contributed by atoms with Gasteiger partial charge < -0.3 is 4.57 Å². The molecule has 2 aromatic heterocycles. The minimum Gasteiger partial charge on any atom is -0.319 e. The second-order valence-electron chi connectivity index (χ2n) is 5.61. The zero-order valence-corrected chi connectivity index (χ0v) is 13.0. The first-order chi connectivity index (χ1) is 9.93. The van der Waals surface area contributed by atoms with Crippen LogP contribution >= 0.6 is 0 Å².